The van der Waals surface area contributed by atoms with Crippen LogP contribution in [0.25, 0.3) is 0 Å². The molecule has 148 valence electrons. The lowest BCUT2D eigenvalue weighted by molar-refractivity contribution is -0.148. The van der Waals surface area contributed by atoms with E-state index in [1.807, 2.05) is 48.5 Å². The van der Waals surface area contributed by atoms with E-state index in [4.69, 9.17) is 4.74 Å². The van der Waals surface area contributed by atoms with Gasteiger partial charge in [0.25, 0.3) is 0 Å². The predicted octanol–water partition coefficient (Wildman–Crippen LogP) is 4.63. The van der Waals surface area contributed by atoms with Gasteiger partial charge in [-0.05, 0) is 42.0 Å². The zero-order valence-electron chi connectivity index (χ0n) is 16.2. The number of sulfone groups is 1. The zero-order chi connectivity index (χ0) is 20.6. The van der Waals surface area contributed by atoms with Gasteiger partial charge in [0.15, 0.2) is 14.7 Å². The molecule has 0 spiro atoms. The molecular weight excluding hydrogens is 404 g/mol. The molecule has 0 radical (unpaired) electrons. The number of fused-ring (bicyclic) bond motifs is 2. The Bertz CT molecular complexity index is 1110. The summed E-state index contributed by atoms with van der Waals surface area (Å²) < 4.78 is 31.5. The third-order valence-electron chi connectivity index (χ3n) is 4.73. The van der Waals surface area contributed by atoms with E-state index in [2.05, 4.69) is 0 Å². The third kappa shape index (κ3) is 3.58. The van der Waals surface area contributed by atoms with Gasteiger partial charge in [-0.1, -0.05) is 50.2 Å². The van der Waals surface area contributed by atoms with Crippen molar-refractivity contribution in [1.82, 2.24) is 0 Å². The maximum absolute atomic E-state index is 13.1. The van der Waals surface area contributed by atoms with Crippen LogP contribution in [-0.2, 0) is 36.9 Å². The molecule has 4 rings (SSSR count). The quantitative estimate of drug-likeness (QED) is 0.353. The highest BCUT2D eigenvalue weighted by Gasteiger charge is 2.44. The topological polar surface area (TPSA) is 60.4 Å². The van der Waals surface area contributed by atoms with E-state index in [1.54, 1.807) is 38.1 Å². The van der Waals surface area contributed by atoms with Crippen LogP contribution in [0.2, 0.25) is 0 Å². The zero-order valence-corrected chi connectivity index (χ0v) is 17.8. The molecule has 0 aliphatic carbocycles. The van der Waals surface area contributed by atoms with Crippen molar-refractivity contribution in [3.63, 3.8) is 0 Å². The molecule has 0 bridgehead atoms. The van der Waals surface area contributed by atoms with E-state index in [1.165, 1.54) is 0 Å². The number of hydrogen-bond donors (Lipinski definition) is 0. The van der Waals surface area contributed by atoms with Crippen LogP contribution in [-0.4, -0.2) is 14.4 Å². The van der Waals surface area contributed by atoms with Crippen molar-refractivity contribution in [2.75, 3.05) is 0 Å². The third-order valence-corrected chi connectivity index (χ3v) is 9.19. The van der Waals surface area contributed by atoms with Gasteiger partial charge in [0, 0.05) is 0 Å². The highest BCUT2D eigenvalue weighted by atomic mass is 32.2. The highest BCUT2D eigenvalue weighted by molar-refractivity contribution is 8.00. The Kier molecular flexibility index (Phi) is 5.23. The minimum atomic E-state index is -3.53. The Morgan fingerprint density at radius 3 is 1.90 bits per heavy atom. The number of carbonyl (C=O) groups is 1. The molecule has 4 nitrogen and oxygen atoms in total. The van der Waals surface area contributed by atoms with Gasteiger partial charge in [-0.3, -0.25) is 4.79 Å². The maximum Gasteiger partial charge on any atom is 0.308 e. The first kappa shape index (κ1) is 19.7. The molecule has 0 N–H and O–H groups in total. The number of esters is 1. The van der Waals surface area contributed by atoms with E-state index in [-0.39, 0.29) is 18.5 Å². The summed E-state index contributed by atoms with van der Waals surface area (Å²) in [4.78, 5) is 15.1. The number of carbonyl (C=O) groups excluding carboxylic acids is 1. The monoisotopic (exact) mass is 425 g/mol. The Balaban J connectivity index is 1.73. The lowest BCUT2D eigenvalue weighted by Crippen LogP contribution is -2.20. The van der Waals surface area contributed by atoms with Crippen molar-refractivity contribution in [3.8, 4) is 0 Å². The van der Waals surface area contributed by atoms with Crippen LogP contribution in [0.5, 0.6) is 0 Å². The molecule has 3 aromatic carbocycles. The van der Waals surface area contributed by atoms with Gasteiger partial charge in [0.2, 0.25) is 9.84 Å². The molecule has 1 aliphatic rings. The van der Waals surface area contributed by atoms with Crippen molar-refractivity contribution < 1.29 is 17.9 Å². The summed E-state index contributed by atoms with van der Waals surface area (Å²) in [5.74, 6) is -0.385. The standard InChI is InChI=1S/C23H21O4S2/c1-16(2)23(24)27-15-17-11-13-18(14-12-17)28-19-7-3-5-9-21(19)29(25,26)22-10-6-4-8-20(22)28/h3-14,16H,15H2,1-2H3/q+1. The Labute approximate surface area is 173 Å². The van der Waals surface area contributed by atoms with Gasteiger partial charge in [0.1, 0.15) is 27.3 Å². The van der Waals surface area contributed by atoms with Gasteiger partial charge in [-0.15, -0.1) is 0 Å². The van der Waals surface area contributed by atoms with Gasteiger partial charge < -0.3 is 4.74 Å². The average Bonchev–Trinajstić information content (AvgIpc) is 2.73. The van der Waals surface area contributed by atoms with Crippen molar-refractivity contribution >= 4 is 26.7 Å². The molecule has 0 saturated carbocycles. The second-order valence-corrected chi connectivity index (χ2v) is 11.0. The largest absolute Gasteiger partial charge is 0.461 e. The van der Waals surface area contributed by atoms with E-state index in [0.717, 1.165) is 20.2 Å². The molecule has 3 aromatic rings. The van der Waals surface area contributed by atoms with Crippen LogP contribution in [0.3, 0.4) is 0 Å². The van der Waals surface area contributed by atoms with E-state index < -0.39 is 20.7 Å². The first-order valence-corrected chi connectivity index (χ1v) is 12.0. The van der Waals surface area contributed by atoms with Crippen LogP contribution >= 0.6 is 0 Å². The molecule has 0 unspecified atom stereocenters. The van der Waals surface area contributed by atoms with Gasteiger partial charge >= 0.3 is 5.97 Å². The second-order valence-electron chi connectivity index (χ2n) is 7.11. The highest BCUT2D eigenvalue weighted by Crippen LogP contribution is 2.44. The van der Waals surface area contributed by atoms with Crippen LogP contribution in [0, 0.1) is 5.92 Å². The number of benzene rings is 3. The Morgan fingerprint density at radius 1 is 0.862 bits per heavy atom. The molecule has 1 aliphatic heterocycles. The maximum atomic E-state index is 13.1. The van der Waals surface area contributed by atoms with Crippen molar-refractivity contribution in [1.29, 1.82) is 0 Å². The summed E-state index contributed by atoms with van der Waals surface area (Å²) >= 11 is 0. The van der Waals surface area contributed by atoms with Crippen LogP contribution < -0.4 is 0 Å². The molecule has 6 heteroatoms. The van der Waals surface area contributed by atoms with Crippen molar-refractivity contribution in [2.24, 2.45) is 5.92 Å². The van der Waals surface area contributed by atoms with Crippen molar-refractivity contribution in [3.05, 3.63) is 78.4 Å². The van der Waals surface area contributed by atoms with Crippen LogP contribution in [0.15, 0.2) is 97.3 Å². The first-order chi connectivity index (χ1) is 13.9. The fourth-order valence-corrected chi connectivity index (χ4v) is 7.91. The molecular formula is C23H21O4S2+. The summed E-state index contributed by atoms with van der Waals surface area (Å²) in [5, 5.41) is 0. The lowest BCUT2D eigenvalue weighted by atomic mass is 10.2. The smallest absolute Gasteiger partial charge is 0.308 e. The Morgan fingerprint density at radius 2 is 1.38 bits per heavy atom. The fourth-order valence-electron chi connectivity index (χ4n) is 3.22. The van der Waals surface area contributed by atoms with Gasteiger partial charge in [-0.25, -0.2) is 8.42 Å². The summed E-state index contributed by atoms with van der Waals surface area (Å²) in [6.45, 7) is 3.84. The molecule has 0 amide bonds. The van der Waals surface area contributed by atoms with E-state index in [0.29, 0.717) is 9.79 Å². The van der Waals surface area contributed by atoms with Gasteiger partial charge in [0.05, 0.1) is 5.92 Å². The van der Waals surface area contributed by atoms with E-state index >= 15 is 0 Å². The van der Waals surface area contributed by atoms with Gasteiger partial charge in [-0.2, -0.15) is 0 Å². The predicted molar refractivity (Wildman–Crippen MR) is 112 cm³/mol. The normalized spacial score (nSPS) is 14.9. The fraction of sp³-hybridized carbons (Fsp3) is 0.174. The number of hydrogen-bond acceptors (Lipinski definition) is 4. The summed E-state index contributed by atoms with van der Waals surface area (Å²) in [6.07, 6.45) is 0. The molecule has 0 aromatic heterocycles. The minimum Gasteiger partial charge on any atom is -0.461 e. The molecule has 0 saturated heterocycles. The molecule has 0 fully saturated rings. The first-order valence-electron chi connectivity index (χ1n) is 9.32. The van der Waals surface area contributed by atoms with Crippen molar-refractivity contribution in [2.45, 2.75) is 44.9 Å². The summed E-state index contributed by atoms with van der Waals surface area (Å²) in [7, 11) is -4.05. The lowest BCUT2D eigenvalue weighted by Gasteiger charge is -2.19. The van der Waals surface area contributed by atoms with E-state index in [9.17, 15) is 13.2 Å². The molecule has 0 atom stereocenters. The summed E-state index contributed by atoms with van der Waals surface area (Å²) in [5.41, 5.74) is 0.901. The SMILES string of the molecule is CC(C)C(=O)OCc1ccc([S+]2c3ccccc3S(=O)(=O)c3ccccc32)cc1. The minimum absolute atomic E-state index is 0.159. The Hall–Kier alpha value is -2.57. The van der Waals surface area contributed by atoms with Crippen LogP contribution in [0.1, 0.15) is 19.4 Å². The number of ether oxygens (including phenoxy) is 1. The number of rotatable bonds is 4. The molecule has 29 heavy (non-hydrogen) atoms. The van der Waals surface area contributed by atoms with Crippen LogP contribution in [0.4, 0.5) is 0 Å². The average molecular weight is 426 g/mol. The molecule has 1 heterocycles. The summed E-state index contributed by atoms with van der Waals surface area (Å²) in [6, 6.07) is 22.3. The second kappa shape index (κ2) is 7.69.